The Morgan fingerprint density at radius 2 is 1.91 bits per heavy atom. The maximum Gasteiger partial charge on any atom is 0.297 e. The summed E-state index contributed by atoms with van der Waals surface area (Å²) in [5, 5.41) is 24.8. The standard InChI is InChI=1S/C22H19N5O5/c1-3-26-21(28)17(12-23)14(2)20(22(26)29)25-24-18-10-9-16(11-19(18)27(30)31)32-13-15-7-5-4-6-8-15/h4-11,24H,3,13H2,1-2H3/b25-20-. The highest BCUT2D eigenvalue weighted by Crippen LogP contribution is 2.30. The van der Waals surface area contributed by atoms with E-state index >= 15 is 0 Å². The smallest absolute Gasteiger partial charge is 0.297 e. The number of carbonyl (C=O) groups is 2. The van der Waals surface area contributed by atoms with E-state index < -0.39 is 16.7 Å². The number of nitrogens with zero attached hydrogens (tertiary/aromatic N) is 4. The maximum atomic E-state index is 12.6. The predicted octanol–water partition coefficient (Wildman–Crippen LogP) is 3.17. The molecule has 162 valence electrons. The van der Waals surface area contributed by atoms with Crippen LogP contribution in [0.2, 0.25) is 0 Å². The van der Waals surface area contributed by atoms with Crippen LogP contribution in [0.5, 0.6) is 5.75 Å². The Balaban J connectivity index is 1.88. The van der Waals surface area contributed by atoms with Gasteiger partial charge in [-0.15, -0.1) is 0 Å². The van der Waals surface area contributed by atoms with Gasteiger partial charge in [0, 0.05) is 12.1 Å². The highest BCUT2D eigenvalue weighted by Gasteiger charge is 2.36. The number of nitriles is 1. The van der Waals surface area contributed by atoms with Gasteiger partial charge in [-0.25, -0.2) is 0 Å². The van der Waals surface area contributed by atoms with Crippen LogP contribution < -0.4 is 10.2 Å². The second kappa shape index (κ2) is 9.53. The number of ether oxygens (including phenoxy) is 1. The van der Waals surface area contributed by atoms with E-state index in [1.165, 1.54) is 25.1 Å². The summed E-state index contributed by atoms with van der Waals surface area (Å²) in [5.41, 5.74) is 2.87. The molecular formula is C22H19N5O5. The van der Waals surface area contributed by atoms with Crippen molar-refractivity contribution in [2.75, 3.05) is 12.0 Å². The lowest BCUT2D eigenvalue weighted by Crippen LogP contribution is -2.46. The highest BCUT2D eigenvalue weighted by molar-refractivity contribution is 6.50. The molecule has 10 heteroatoms. The molecule has 2 aromatic rings. The zero-order valence-electron chi connectivity index (χ0n) is 17.4. The van der Waals surface area contributed by atoms with Crippen molar-refractivity contribution in [2.24, 2.45) is 5.10 Å². The lowest BCUT2D eigenvalue weighted by atomic mass is 9.99. The molecule has 2 amide bonds. The van der Waals surface area contributed by atoms with E-state index in [2.05, 4.69) is 10.5 Å². The van der Waals surface area contributed by atoms with E-state index in [9.17, 15) is 25.0 Å². The van der Waals surface area contributed by atoms with Gasteiger partial charge in [-0.2, -0.15) is 10.4 Å². The van der Waals surface area contributed by atoms with Crippen molar-refractivity contribution in [1.29, 1.82) is 5.26 Å². The number of nitro benzene ring substituents is 1. The quantitative estimate of drug-likeness (QED) is 0.402. The fourth-order valence-corrected chi connectivity index (χ4v) is 3.05. The molecule has 32 heavy (non-hydrogen) atoms. The molecule has 1 aliphatic heterocycles. The first-order valence-electron chi connectivity index (χ1n) is 9.63. The van der Waals surface area contributed by atoms with Crippen LogP contribution in [0.15, 0.2) is 64.8 Å². The number of anilines is 1. The average Bonchev–Trinajstić information content (AvgIpc) is 2.79. The van der Waals surface area contributed by atoms with E-state index in [1.54, 1.807) is 13.0 Å². The van der Waals surface area contributed by atoms with Gasteiger partial charge >= 0.3 is 0 Å². The highest BCUT2D eigenvalue weighted by atomic mass is 16.6. The third-order valence-electron chi connectivity index (χ3n) is 4.77. The lowest BCUT2D eigenvalue weighted by Gasteiger charge is -2.25. The van der Waals surface area contributed by atoms with Gasteiger partial charge in [-0.05, 0) is 31.5 Å². The van der Waals surface area contributed by atoms with E-state index in [0.717, 1.165) is 10.5 Å². The molecule has 0 atom stereocenters. The van der Waals surface area contributed by atoms with Crippen LogP contribution in [0, 0.1) is 21.4 Å². The number of likely N-dealkylation sites (N-methyl/N-ethyl adjacent to an activating group) is 1. The summed E-state index contributed by atoms with van der Waals surface area (Å²) >= 11 is 0. The third-order valence-corrected chi connectivity index (χ3v) is 4.77. The molecule has 0 aliphatic carbocycles. The van der Waals surface area contributed by atoms with Crippen molar-refractivity contribution in [3.63, 3.8) is 0 Å². The zero-order chi connectivity index (χ0) is 23.3. The summed E-state index contributed by atoms with van der Waals surface area (Å²) in [4.78, 5) is 36.7. The number of amides is 2. The Kier molecular flexibility index (Phi) is 6.60. The first kappa shape index (κ1) is 22.2. The van der Waals surface area contributed by atoms with E-state index in [0.29, 0.717) is 0 Å². The van der Waals surface area contributed by atoms with Crippen LogP contribution in [0.4, 0.5) is 11.4 Å². The van der Waals surface area contributed by atoms with Crippen molar-refractivity contribution in [2.45, 2.75) is 20.5 Å². The Labute approximate surface area is 183 Å². The van der Waals surface area contributed by atoms with Gasteiger partial charge in [0.1, 0.15) is 29.7 Å². The minimum atomic E-state index is -0.692. The fourth-order valence-electron chi connectivity index (χ4n) is 3.05. The van der Waals surface area contributed by atoms with E-state index in [1.807, 2.05) is 30.3 Å². The number of hydrogen-bond donors (Lipinski definition) is 1. The molecule has 0 spiro atoms. The van der Waals surface area contributed by atoms with Gasteiger partial charge in [0.15, 0.2) is 5.71 Å². The zero-order valence-corrected chi connectivity index (χ0v) is 17.4. The summed E-state index contributed by atoms with van der Waals surface area (Å²) in [7, 11) is 0. The summed E-state index contributed by atoms with van der Waals surface area (Å²) < 4.78 is 5.63. The molecule has 0 aromatic heterocycles. The molecule has 0 radical (unpaired) electrons. The molecule has 10 nitrogen and oxygen atoms in total. The van der Waals surface area contributed by atoms with Crippen LogP contribution in [0.1, 0.15) is 19.4 Å². The van der Waals surface area contributed by atoms with E-state index in [-0.39, 0.29) is 47.1 Å². The van der Waals surface area contributed by atoms with Gasteiger partial charge in [0.05, 0.1) is 11.0 Å². The minimum absolute atomic E-state index is 0.0219. The normalized spacial score (nSPS) is 15.0. The summed E-state index contributed by atoms with van der Waals surface area (Å²) in [6.07, 6.45) is 0. The molecule has 0 fully saturated rings. The third kappa shape index (κ3) is 4.46. The van der Waals surface area contributed by atoms with Gasteiger partial charge in [-0.1, -0.05) is 30.3 Å². The van der Waals surface area contributed by atoms with Gasteiger partial charge < -0.3 is 4.74 Å². The number of imide groups is 1. The van der Waals surface area contributed by atoms with Gasteiger partial charge in [0.25, 0.3) is 17.5 Å². The molecule has 1 aliphatic rings. The van der Waals surface area contributed by atoms with Crippen molar-refractivity contribution >= 4 is 28.9 Å². The van der Waals surface area contributed by atoms with Crippen LogP contribution in [0.3, 0.4) is 0 Å². The monoisotopic (exact) mass is 433 g/mol. The molecule has 1 N–H and O–H groups in total. The van der Waals surface area contributed by atoms with Crippen molar-refractivity contribution in [3.05, 3.63) is 75.4 Å². The molecular weight excluding hydrogens is 414 g/mol. The number of nitrogens with one attached hydrogen (secondary N) is 1. The van der Waals surface area contributed by atoms with Crippen molar-refractivity contribution in [3.8, 4) is 11.8 Å². The molecule has 3 rings (SSSR count). The average molecular weight is 433 g/mol. The van der Waals surface area contributed by atoms with Crippen LogP contribution in [0.25, 0.3) is 0 Å². The number of benzene rings is 2. The number of hydrazone groups is 1. The minimum Gasteiger partial charge on any atom is -0.489 e. The summed E-state index contributed by atoms with van der Waals surface area (Å²) in [6.45, 7) is 3.32. The SMILES string of the molecule is CCN1C(=O)C(C#N)=C(C)/C(=N/Nc2ccc(OCc3ccccc3)cc2[N+](=O)[O-])C1=O. The van der Waals surface area contributed by atoms with Crippen LogP contribution in [-0.4, -0.2) is 33.9 Å². The Bertz CT molecular complexity index is 1180. The van der Waals surface area contributed by atoms with Crippen LogP contribution in [-0.2, 0) is 16.2 Å². The Morgan fingerprint density at radius 1 is 1.19 bits per heavy atom. The van der Waals surface area contributed by atoms with Gasteiger partial charge in [-0.3, -0.25) is 30.0 Å². The first-order valence-corrected chi connectivity index (χ1v) is 9.63. The second-order valence-corrected chi connectivity index (χ2v) is 6.75. The largest absolute Gasteiger partial charge is 0.489 e. The molecule has 0 saturated heterocycles. The fraction of sp³-hybridized carbons (Fsp3) is 0.182. The predicted molar refractivity (Wildman–Crippen MR) is 116 cm³/mol. The van der Waals surface area contributed by atoms with Gasteiger partial charge in [0.2, 0.25) is 0 Å². The maximum absolute atomic E-state index is 12.6. The Morgan fingerprint density at radius 3 is 2.53 bits per heavy atom. The molecule has 1 heterocycles. The number of rotatable bonds is 7. The number of nitro groups is 1. The number of hydrogen-bond acceptors (Lipinski definition) is 8. The molecule has 0 saturated carbocycles. The first-order chi connectivity index (χ1) is 15.4. The molecule has 0 bridgehead atoms. The van der Waals surface area contributed by atoms with Crippen LogP contribution >= 0.6 is 0 Å². The van der Waals surface area contributed by atoms with Crippen molar-refractivity contribution < 1.29 is 19.2 Å². The van der Waals surface area contributed by atoms with Crippen molar-refractivity contribution in [1.82, 2.24) is 4.90 Å². The summed E-state index contributed by atoms with van der Waals surface area (Å²) in [5.74, 6) is -1.09. The molecule has 2 aromatic carbocycles. The second-order valence-electron chi connectivity index (χ2n) is 6.75. The molecule has 0 unspecified atom stereocenters. The number of carbonyl (C=O) groups excluding carboxylic acids is 2. The Hall–Kier alpha value is -4.52. The lowest BCUT2D eigenvalue weighted by molar-refractivity contribution is -0.384. The van der Waals surface area contributed by atoms with E-state index in [4.69, 9.17) is 4.74 Å². The topological polar surface area (TPSA) is 138 Å². The summed E-state index contributed by atoms with van der Waals surface area (Å²) in [6, 6.07) is 15.3.